The van der Waals surface area contributed by atoms with Crippen molar-refractivity contribution in [3.63, 3.8) is 0 Å². The molecule has 4 nitrogen and oxygen atoms in total. The summed E-state index contributed by atoms with van der Waals surface area (Å²) < 4.78 is 5.96. The monoisotopic (exact) mass is 274 g/mol. The Hall–Kier alpha value is -1.97. The molecule has 0 bridgehead atoms. The molecule has 0 spiro atoms. The summed E-state index contributed by atoms with van der Waals surface area (Å²) in [6.07, 6.45) is 0. The van der Waals surface area contributed by atoms with Gasteiger partial charge in [0.15, 0.2) is 0 Å². The molecule has 1 aliphatic rings. The van der Waals surface area contributed by atoms with E-state index in [1.807, 2.05) is 58.9 Å². The highest BCUT2D eigenvalue weighted by molar-refractivity contribution is 5.92. The van der Waals surface area contributed by atoms with Crippen molar-refractivity contribution < 1.29 is 9.53 Å². The highest BCUT2D eigenvalue weighted by Crippen LogP contribution is 2.40. The maximum Gasteiger partial charge on any atom is 0.250 e. The molecule has 0 saturated carbocycles. The van der Waals surface area contributed by atoms with Crippen LogP contribution in [0, 0.1) is 5.41 Å². The number of para-hydroxylation sites is 2. The molecule has 1 N–H and O–H groups in total. The van der Waals surface area contributed by atoms with Crippen LogP contribution in [0.5, 0.6) is 5.75 Å². The Bertz CT molecular complexity index is 556. The van der Waals surface area contributed by atoms with Gasteiger partial charge in [0.1, 0.15) is 17.0 Å². The van der Waals surface area contributed by atoms with Crippen LogP contribution < -0.4 is 15.2 Å². The van der Waals surface area contributed by atoms with Crippen LogP contribution >= 0.6 is 0 Å². The summed E-state index contributed by atoms with van der Waals surface area (Å²) in [5.74, 6) is 0.659. The molecular formula is C16H22N2O2. The van der Waals surface area contributed by atoms with Crippen molar-refractivity contribution in [2.24, 2.45) is 5.41 Å². The smallest absolute Gasteiger partial charge is 0.250 e. The molecule has 2 rings (SSSR count). The number of nitrogens with one attached hydrogen (secondary N) is 1. The van der Waals surface area contributed by atoms with Gasteiger partial charge in [-0.05, 0) is 46.8 Å². The standard InChI is InChI=1S/C16H22N2O2/c1-11-16(5,6)14(19)17-18(11)12-9-7-8-10-13(12)20-15(2,3)4/h7-10H,1H2,2-6H3,(H,17,19). The molecular weight excluding hydrogens is 252 g/mol. The fraction of sp³-hybridized carbons (Fsp3) is 0.438. The number of carbonyl (C=O) groups is 1. The minimum absolute atomic E-state index is 0.0620. The largest absolute Gasteiger partial charge is 0.486 e. The molecule has 0 unspecified atom stereocenters. The van der Waals surface area contributed by atoms with Gasteiger partial charge in [0.2, 0.25) is 5.91 Å². The highest BCUT2D eigenvalue weighted by Gasteiger charge is 2.43. The number of amides is 1. The molecule has 1 aromatic carbocycles. The minimum atomic E-state index is -0.616. The summed E-state index contributed by atoms with van der Waals surface area (Å²) in [6, 6.07) is 7.63. The fourth-order valence-electron chi connectivity index (χ4n) is 1.98. The van der Waals surface area contributed by atoms with Crippen molar-refractivity contribution in [1.29, 1.82) is 0 Å². The predicted molar refractivity (Wildman–Crippen MR) is 80.4 cm³/mol. The summed E-state index contributed by atoms with van der Waals surface area (Å²) in [5, 5.41) is 1.71. The average molecular weight is 274 g/mol. The predicted octanol–water partition coefficient (Wildman–Crippen LogP) is 3.26. The minimum Gasteiger partial charge on any atom is -0.486 e. The Morgan fingerprint density at radius 2 is 1.85 bits per heavy atom. The Balaban J connectivity index is 2.40. The van der Waals surface area contributed by atoms with Gasteiger partial charge in [0.05, 0.1) is 5.41 Å². The van der Waals surface area contributed by atoms with Crippen LogP contribution in [0.1, 0.15) is 34.6 Å². The third kappa shape index (κ3) is 2.50. The van der Waals surface area contributed by atoms with E-state index in [2.05, 4.69) is 12.0 Å². The van der Waals surface area contributed by atoms with Crippen molar-refractivity contribution in [3.8, 4) is 5.75 Å². The van der Waals surface area contributed by atoms with E-state index in [0.29, 0.717) is 5.70 Å². The van der Waals surface area contributed by atoms with Crippen LogP contribution in [-0.4, -0.2) is 11.5 Å². The van der Waals surface area contributed by atoms with E-state index in [9.17, 15) is 4.79 Å². The van der Waals surface area contributed by atoms with Gasteiger partial charge in [-0.1, -0.05) is 18.7 Å². The van der Waals surface area contributed by atoms with Gasteiger partial charge in [0, 0.05) is 5.70 Å². The molecule has 20 heavy (non-hydrogen) atoms. The lowest BCUT2D eigenvalue weighted by Gasteiger charge is -2.28. The Morgan fingerprint density at radius 3 is 2.35 bits per heavy atom. The SMILES string of the molecule is C=C1N(c2ccccc2OC(C)(C)C)NC(=O)C1(C)C. The number of ether oxygens (including phenoxy) is 1. The summed E-state index contributed by atoms with van der Waals surface area (Å²) in [6.45, 7) is 13.7. The molecule has 1 fully saturated rings. The number of hydrazine groups is 1. The third-order valence-electron chi connectivity index (χ3n) is 3.29. The third-order valence-corrected chi connectivity index (χ3v) is 3.29. The number of hydrogen-bond donors (Lipinski definition) is 1. The Kier molecular flexibility index (Phi) is 3.28. The van der Waals surface area contributed by atoms with Crippen LogP contribution in [0.3, 0.4) is 0 Å². The molecule has 108 valence electrons. The molecule has 4 heteroatoms. The van der Waals surface area contributed by atoms with E-state index in [4.69, 9.17) is 4.74 Å². The topological polar surface area (TPSA) is 41.6 Å². The zero-order valence-corrected chi connectivity index (χ0v) is 12.8. The van der Waals surface area contributed by atoms with Gasteiger partial charge < -0.3 is 4.74 Å². The maximum atomic E-state index is 12.0. The second-order valence-electron chi connectivity index (χ2n) is 6.53. The van der Waals surface area contributed by atoms with Crippen molar-refractivity contribution in [2.45, 2.75) is 40.2 Å². The van der Waals surface area contributed by atoms with E-state index in [-0.39, 0.29) is 11.5 Å². The summed E-state index contributed by atoms with van der Waals surface area (Å²) >= 11 is 0. The quantitative estimate of drug-likeness (QED) is 0.900. The normalized spacial score (nSPS) is 18.1. The molecule has 0 aromatic heterocycles. The van der Waals surface area contributed by atoms with Gasteiger partial charge in [-0.2, -0.15) is 0 Å². The molecule has 1 heterocycles. The van der Waals surface area contributed by atoms with Crippen molar-refractivity contribution in [3.05, 3.63) is 36.5 Å². The lowest BCUT2D eigenvalue weighted by molar-refractivity contribution is -0.125. The zero-order valence-electron chi connectivity index (χ0n) is 12.8. The first kappa shape index (κ1) is 14.4. The van der Waals surface area contributed by atoms with E-state index in [1.54, 1.807) is 5.01 Å². The van der Waals surface area contributed by atoms with Gasteiger partial charge in [-0.3, -0.25) is 15.2 Å². The van der Waals surface area contributed by atoms with E-state index >= 15 is 0 Å². The summed E-state index contributed by atoms with van der Waals surface area (Å²) in [4.78, 5) is 12.0. The van der Waals surface area contributed by atoms with Gasteiger partial charge >= 0.3 is 0 Å². The zero-order chi connectivity index (χ0) is 15.1. The summed E-state index contributed by atoms with van der Waals surface area (Å²) in [5.41, 5.74) is 3.44. The van der Waals surface area contributed by atoms with Crippen LogP contribution in [0.25, 0.3) is 0 Å². The second kappa shape index (κ2) is 4.54. The van der Waals surface area contributed by atoms with Crippen molar-refractivity contribution in [1.82, 2.24) is 5.43 Å². The van der Waals surface area contributed by atoms with Crippen LogP contribution in [0.2, 0.25) is 0 Å². The van der Waals surface area contributed by atoms with Crippen molar-refractivity contribution in [2.75, 3.05) is 5.01 Å². The Morgan fingerprint density at radius 1 is 1.25 bits per heavy atom. The molecule has 0 radical (unpaired) electrons. The van der Waals surface area contributed by atoms with Crippen LogP contribution in [0.15, 0.2) is 36.5 Å². The van der Waals surface area contributed by atoms with Gasteiger partial charge in [0.25, 0.3) is 0 Å². The second-order valence-corrected chi connectivity index (χ2v) is 6.53. The molecule has 1 saturated heterocycles. The average Bonchev–Trinajstić information content (AvgIpc) is 2.52. The Labute approximate surface area is 120 Å². The van der Waals surface area contributed by atoms with Crippen molar-refractivity contribution >= 4 is 11.6 Å². The molecule has 0 atom stereocenters. The molecule has 0 aliphatic carbocycles. The number of rotatable bonds is 2. The number of anilines is 1. The number of hydrogen-bond acceptors (Lipinski definition) is 3. The highest BCUT2D eigenvalue weighted by atomic mass is 16.5. The summed E-state index contributed by atoms with van der Waals surface area (Å²) in [7, 11) is 0. The molecule has 1 amide bonds. The number of benzene rings is 1. The van der Waals surface area contributed by atoms with E-state index in [0.717, 1.165) is 11.4 Å². The molecule has 1 aromatic rings. The first-order valence-corrected chi connectivity index (χ1v) is 6.71. The lowest BCUT2D eigenvalue weighted by atomic mass is 9.90. The number of carbonyl (C=O) groups excluding carboxylic acids is 1. The van der Waals surface area contributed by atoms with E-state index < -0.39 is 5.41 Å². The van der Waals surface area contributed by atoms with E-state index in [1.165, 1.54) is 0 Å². The first-order chi connectivity index (χ1) is 9.13. The first-order valence-electron chi connectivity index (χ1n) is 6.71. The fourth-order valence-corrected chi connectivity index (χ4v) is 1.98. The van der Waals surface area contributed by atoms with Crippen LogP contribution in [-0.2, 0) is 4.79 Å². The van der Waals surface area contributed by atoms with Crippen LogP contribution in [0.4, 0.5) is 5.69 Å². The molecule has 1 aliphatic heterocycles. The van der Waals surface area contributed by atoms with Gasteiger partial charge in [-0.25, -0.2) is 0 Å². The maximum absolute atomic E-state index is 12.0. The lowest BCUT2D eigenvalue weighted by Crippen LogP contribution is -2.33. The number of nitrogens with zero attached hydrogens (tertiary/aromatic N) is 1. The van der Waals surface area contributed by atoms with Gasteiger partial charge in [-0.15, -0.1) is 0 Å².